The summed E-state index contributed by atoms with van der Waals surface area (Å²) in [6, 6.07) is 2.18. The minimum absolute atomic E-state index is 0.0241. The Balaban J connectivity index is 0.000000301. The van der Waals surface area contributed by atoms with Crippen molar-refractivity contribution in [2.75, 3.05) is 46.4 Å². The van der Waals surface area contributed by atoms with Gasteiger partial charge in [0, 0.05) is 45.4 Å². The van der Waals surface area contributed by atoms with Gasteiger partial charge in [-0.05, 0) is 26.8 Å². The Hall–Kier alpha value is -2.92. The lowest BCUT2D eigenvalue weighted by atomic mass is 9.99. The minimum Gasteiger partial charge on any atom is -0.475 e. The number of carboxylic acid groups (broad SMARTS) is 2. The van der Waals surface area contributed by atoms with Crippen molar-refractivity contribution in [1.82, 2.24) is 19.9 Å². The molecule has 0 spiro atoms. The molecule has 1 aromatic heterocycles. The van der Waals surface area contributed by atoms with Crippen molar-refractivity contribution in [2.24, 2.45) is 0 Å². The molecular weight excluding hydrogens is 534 g/mol. The Labute approximate surface area is 212 Å². The number of carboxylic acids is 2. The molecule has 216 valence electrons. The Morgan fingerprint density at radius 3 is 1.95 bits per heavy atom. The standard InChI is InChI=1S/C17H26N4O3.2C2HF3O2/c1-12-10-13(18-24-12)17(22)21-11-15(16-14(21)4-3-9-23-16)20-7-5-19(2)6-8-20;2*3-2(4,5)1(6)7/h10,14-16H,3-9,11H2,1-2H3;2*(H,6,7)/t14-,15-,16+;;/m1../s1. The minimum atomic E-state index is -5.08. The second-order valence-corrected chi connectivity index (χ2v) is 8.84. The summed E-state index contributed by atoms with van der Waals surface area (Å²) in [5.74, 6) is -4.87. The van der Waals surface area contributed by atoms with Crippen LogP contribution >= 0.6 is 0 Å². The Kier molecular flexibility index (Phi) is 10.5. The largest absolute Gasteiger partial charge is 0.490 e. The first kappa shape index (κ1) is 31.3. The number of alkyl halides is 6. The second kappa shape index (κ2) is 12.8. The van der Waals surface area contributed by atoms with Crippen LogP contribution in [0.25, 0.3) is 0 Å². The normalized spacial score (nSPS) is 24.4. The molecule has 0 aromatic carbocycles. The van der Waals surface area contributed by atoms with Crippen molar-refractivity contribution in [3.05, 3.63) is 17.5 Å². The van der Waals surface area contributed by atoms with E-state index in [0.29, 0.717) is 17.5 Å². The molecule has 0 aliphatic carbocycles. The monoisotopic (exact) mass is 562 g/mol. The van der Waals surface area contributed by atoms with Crippen LogP contribution in [-0.2, 0) is 14.3 Å². The van der Waals surface area contributed by atoms with Crippen LogP contribution in [0.4, 0.5) is 26.3 Å². The van der Waals surface area contributed by atoms with Gasteiger partial charge in [0.25, 0.3) is 5.91 Å². The smallest absolute Gasteiger partial charge is 0.475 e. The Morgan fingerprint density at radius 1 is 0.974 bits per heavy atom. The topological polar surface area (TPSA) is 137 Å². The number of halogens is 6. The molecule has 4 heterocycles. The summed E-state index contributed by atoms with van der Waals surface area (Å²) in [6.07, 6.45) is -8.02. The van der Waals surface area contributed by atoms with Gasteiger partial charge in [0.2, 0.25) is 0 Å². The zero-order chi connectivity index (χ0) is 28.8. The number of fused-ring (bicyclic) bond motifs is 1. The number of piperazine rings is 1. The van der Waals surface area contributed by atoms with Gasteiger partial charge in [-0.3, -0.25) is 9.69 Å². The maximum atomic E-state index is 12.9. The summed E-state index contributed by atoms with van der Waals surface area (Å²) < 4.78 is 74.7. The fourth-order valence-corrected chi connectivity index (χ4v) is 4.25. The van der Waals surface area contributed by atoms with Crippen LogP contribution in [0.3, 0.4) is 0 Å². The summed E-state index contributed by atoms with van der Waals surface area (Å²) in [4.78, 5) is 37.5. The predicted octanol–water partition coefficient (Wildman–Crippen LogP) is 1.87. The highest BCUT2D eigenvalue weighted by atomic mass is 19.4. The number of likely N-dealkylation sites (tertiary alicyclic amines) is 1. The van der Waals surface area contributed by atoms with Gasteiger partial charge in [-0.1, -0.05) is 5.16 Å². The third-order valence-corrected chi connectivity index (χ3v) is 6.10. The average molecular weight is 562 g/mol. The quantitative estimate of drug-likeness (QED) is 0.514. The van der Waals surface area contributed by atoms with Crippen LogP contribution in [0.15, 0.2) is 10.6 Å². The van der Waals surface area contributed by atoms with Gasteiger partial charge >= 0.3 is 24.3 Å². The number of nitrogens with zero attached hydrogens (tertiary/aromatic N) is 4. The predicted molar refractivity (Wildman–Crippen MR) is 115 cm³/mol. The van der Waals surface area contributed by atoms with Crippen LogP contribution in [0.1, 0.15) is 29.1 Å². The number of aromatic nitrogens is 1. The molecule has 3 fully saturated rings. The van der Waals surface area contributed by atoms with Gasteiger partial charge in [-0.2, -0.15) is 26.3 Å². The third kappa shape index (κ3) is 8.56. The van der Waals surface area contributed by atoms with E-state index >= 15 is 0 Å². The van der Waals surface area contributed by atoms with Crippen molar-refractivity contribution < 1.29 is 60.2 Å². The Bertz CT molecular complexity index is 939. The molecule has 3 atom stereocenters. The van der Waals surface area contributed by atoms with Crippen molar-refractivity contribution >= 4 is 17.8 Å². The van der Waals surface area contributed by atoms with Crippen LogP contribution in [0.2, 0.25) is 0 Å². The van der Waals surface area contributed by atoms with Crippen molar-refractivity contribution in [3.63, 3.8) is 0 Å². The fraction of sp³-hybridized carbons (Fsp3) is 0.714. The van der Waals surface area contributed by atoms with E-state index in [1.54, 1.807) is 6.07 Å². The van der Waals surface area contributed by atoms with E-state index < -0.39 is 24.3 Å². The molecule has 0 radical (unpaired) electrons. The Morgan fingerprint density at radius 2 is 1.50 bits per heavy atom. The van der Waals surface area contributed by atoms with Gasteiger partial charge in [-0.25, -0.2) is 9.59 Å². The zero-order valence-electron chi connectivity index (χ0n) is 20.5. The lowest BCUT2D eigenvalue weighted by molar-refractivity contribution is -0.193. The number of hydrogen-bond donors (Lipinski definition) is 2. The first-order valence-corrected chi connectivity index (χ1v) is 11.4. The highest BCUT2D eigenvalue weighted by Gasteiger charge is 2.49. The molecule has 1 aromatic rings. The molecule has 38 heavy (non-hydrogen) atoms. The van der Waals surface area contributed by atoms with Crippen LogP contribution < -0.4 is 0 Å². The number of carbonyl (C=O) groups excluding carboxylic acids is 1. The summed E-state index contributed by atoms with van der Waals surface area (Å²) in [5.41, 5.74) is 0.413. The van der Waals surface area contributed by atoms with Gasteiger partial charge < -0.3 is 29.3 Å². The van der Waals surface area contributed by atoms with E-state index in [0.717, 1.165) is 52.2 Å². The van der Waals surface area contributed by atoms with Crippen LogP contribution in [-0.4, -0.2) is 125 Å². The van der Waals surface area contributed by atoms with E-state index in [2.05, 4.69) is 22.0 Å². The SMILES string of the molecule is Cc1cc(C(=O)N2C[C@@H](N3CCN(C)CC3)[C@H]3OCCC[C@H]32)no1.O=C(O)C(F)(F)F.O=C(O)C(F)(F)F. The first-order valence-electron chi connectivity index (χ1n) is 11.4. The lowest BCUT2D eigenvalue weighted by Crippen LogP contribution is -2.54. The summed E-state index contributed by atoms with van der Waals surface area (Å²) in [7, 11) is 2.16. The van der Waals surface area contributed by atoms with Crippen molar-refractivity contribution in [1.29, 1.82) is 0 Å². The van der Waals surface area contributed by atoms with Crippen molar-refractivity contribution in [3.8, 4) is 0 Å². The molecular formula is C21H28F6N4O7. The molecule has 3 aliphatic heterocycles. The number of rotatable bonds is 2. The molecule has 0 unspecified atom stereocenters. The molecule has 11 nitrogen and oxygen atoms in total. The number of amides is 1. The number of aliphatic carboxylic acids is 2. The highest BCUT2D eigenvalue weighted by molar-refractivity contribution is 5.92. The highest BCUT2D eigenvalue weighted by Crippen LogP contribution is 2.33. The molecule has 4 rings (SSSR count). The second-order valence-electron chi connectivity index (χ2n) is 8.84. The van der Waals surface area contributed by atoms with E-state index in [1.165, 1.54) is 0 Å². The average Bonchev–Trinajstić information content (AvgIpc) is 3.43. The summed E-state index contributed by atoms with van der Waals surface area (Å²) in [5, 5.41) is 18.2. The molecule has 0 saturated carbocycles. The van der Waals surface area contributed by atoms with Crippen molar-refractivity contribution in [2.45, 2.75) is 50.3 Å². The molecule has 17 heteroatoms. The van der Waals surface area contributed by atoms with E-state index in [4.69, 9.17) is 29.1 Å². The van der Waals surface area contributed by atoms with E-state index in [9.17, 15) is 31.1 Å². The first-order chi connectivity index (χ1) is 17.5. The van der Waals surface area contributed by atoms with Gasteiger partial charge in [0.15, 0.2) is 5.69 Å². The molecule has 2 N–H and O–H groups in total. The van der Waals surface area contributed by atoms with Gasteiger partial charge in [-0.15, -0.1) is 0 Å². The molecule has 1 amide bonds. The zero-order valence-corrected chi connectivity index (χ0v) is 20.5. The van der Waals surface area contributed by atoms with E-state index in [-0.39, 0.29) is 18.1 Å². The van der Waals surface area contributed by atoms with Gasteiger partial charge in [0.05, 0.1) is 18.2 Å². The van der Waals surface area contributed by atoms with Gasteiger partial charge in [0.1, 0.15) is 5.76 Å². The maximum Gasteiger partial charge on any atom is 0.490 e. The number of ether oxygens (including phenoxy) is 1. The summed E-state index contributed by atoms with van der Waals surface area (Å²) >= 11 is 0. The molecule has 0 bridgehead atoms. The molecule has 3 saturated heterocycles. The lowest BCUT2D eigenvalue weighted by Gasteiger charge is -2.39. The van der Waals surface area contributed by atoms with E-state index in [1.807, 2.05) is 11.8 Å². The number of hydrogen-bond acceptors (Lipinski definition) is 8. The number of carbonyl (C=O) groups is 3. The third-order valence-electron chi connectivity index (χ3n) is 6.10. The maximum absolute atomic E-state index is 12.9. The fourth-order valence-electron chi connectivity index (χ4n) is 4.25. The number of likely N-dealkylation sites (N-methyl/N-ethyl adjacent to an activating group) is 1. The molecule has 3 aliphatic rings. The summed E-state index contributed by atoms with van der Waals surface area (Å²) in [6.45, 7) is 7.57. The number of aryl methyl sites for hydroxylation is 1. The van der Waals surface area contributed by atoms with Crippen LogP contribution in [0.5, 0.6) is 0 Å². The van der Waals surface area contributed by atoms with Crippen LogP contribution in [0, 0.1) is 6.92 Å².